The van der Waals surface area contributed by atoms with Crippen LogP contribution in [-0.4, -0.2) is 30.9 Å². The minimum absolute atomic E-state index is 0.0879. The van der Waals surface area contributed by atoms with Gasteiger partial charge in [0.25, 0.3) is 0 Å². The molecular weight excluding hydrogens is 368 g/mol. The Kier molecular flexibility index (Phi) is 4.71. The van der Waals surface area contributed by atoms with E-state index >= 15 is 0 Å². The highest BCUT2D eigenvalue weighted by Gasteiger charge is 2.09. The van der Waals surface area contributed by atoms with E-state index in [1.807, 2.05) is 36.4 Å². The van der Waals surface area contributed by atoms with Crippen molar-refractivity contribution in [1.29, 1.82) is 0 Å². The SMILES string of the molecule is O=C(Nc1cnn(Cn2nnc3ccccc32)c1)OCc1ccccc1Cl. The first kappa shape index (κ1) is 17.0. The predicted molar refractivity (Wildman–Crippen MR) is 100 cm³/mol. The lowest BCUT2D eigenvalue weighted by molar-refractivity contribution is 0.155. The lowest BCUT2D eigenvalue weighted by Gasteiger charge is -2.06. The van der Waals surface area contributed by atoms with Crippen LogP contribution in [0.5, 0.6) is 0 Å². The number of anilines is 1. The van der Waals surface area contributed by atoms with Crippen LogP contribution < -0.4 is 5.32 Å². The molecule has 0 aliphatic carbocycles. The second-order valence-corrected chi connectivity index (χ2v) is 6.19. The molecule has 0 radical (unpaired) electrons. The molecule has 0 spiro atoms. The van der Waals surface area contributed by atoms with E-state index in [9.17, 15) is 4.79 Å². The Bertz CT molecular complexity index is 1090. The number of aromatic nitrogens is 5. The van der Waals surface area contributed by atoms with Gasteiger partial charge in [0.2, 0.25) is 0 Å². The maximum absolute atomic E-state index is 12.0. The van der Waals surface area contributed by atoms with Crippen molar-refractivity contribution in [2.75, 3.05) is 5.32 Å². The van der Waals surface area contributed by atoms with Gasteiger partial charge in [-0.1, -0.05) is 47.1 Å². The molecule has 8 nitrogen and oxygen atoms in total. The summed E-state index contributed by atoms with van der Waals surface area (Å²) in [6.45, 7) is 0.460. The van der Waals surface area contributed by atoms with Crippen molar-refractivity contribution in [3.63, 3.8) is 0 Å². The summed E-state index contributed by atoms with van der Waals surface area (Å²) in [6.07, 6.45) is 2.64. The normalized spacial score (nSPS) is 10.9. The molecule has 0 aliphatic heterocycles. The Labute approximate surface area is 159 Å². The summed E-state index contributed by atoms with van der Waals surface area (Å²) in [5.41, 5.74) is 2.97. The third-order valence-corrected chi connectivity index (χ3v) is 4.26. The van der Waals surface area contributed by atoms with Crippen LogP contribution in [0.4, 0.5) is 10.5 Å². The van der Waals surface area contributed by atoms with Gasteiger partial charge >= 0.3 is 6.09 Å². The quantitative estimate of drug-likeness (QED) is 0.570. The average molecular weight is 383 g/mol. The second kappa shape index (κ2) is 7.46. The minimum atomic E-state index is -0.583. The van der Waals surface area contributed by atoms with Gasteiger partial charge < -0.3 is 4.74 Å². The Morgan fingerprint density at radius 1 is 1.15 bits per heavy atom. The summed E-state index contributed by atoms with van der Waals surface area (Å²) in [4.78, 5) is 12.0. The molecule has 1 N–H and O–H groups in total. The number of nitrogens with zero attached hydrogens (tertiary/aromatic N) is 5. The molecule has 136 valence electrons. The summed E-state index contributed by atoms with van der Waals surface area (Å²) in [5, 5.41) is 15.6. The Morgan fingerprint density at radius 3 is 2.85 bits per heavy atom. The lowest BCUT2D eigenvalue weighted by atomic mass is 10.2. The maximum atomic E-state index is 12.0. The number of hydrogen-bond donors (Lipinski definition) is 1. The third-order valence-electron chi connectivity index (χ3n) is 3.90. The van der Waals surface area contributed by atoms with Gasteiger partial charge in [0.15, 0.2) is 0 Å². The van der Waals surface area contributed by atoms with Gasteiger partial charge in [-0.25, -0.2) is 14.2 Å². The lowest BCUT2D eigenvalue weighted by Crippen LogP contribution is -2.13. The number of halogens is 1. The van der Waals surface area contributed by atoms with E-state index in [2.05, 4.69) is 20.7 Å². The molecule has 0 unspecified atom stereocenters. The third kappa shape index (κ3) is 3.90. The van der Waals surface area contributed by atoms with Crippen LogP contribution in [0.2, 0.25) is 5.02 Å². The number of para-hydroxylation sites is 1. The van der Waals surface area contributed by atoms with Crippen LogP contribution in [0, 0.1) is 0 Å². The first-order valence-corrected chi connectivity index (χ1v) is 8.55. The van der Waals surface area contributed by atoms with Gasteiger partial charge in [-0.2, -0.15) is 5.10 Å². The van der Waals surface area contributed by atoms with Crippen molar-refractivity contribution >= 4 is 34.4 Å². The summed E-state index contributed by atoms with van der Waals surface area (Å²) >= 11 is 6.04. The van der Waals surface area contributed by atoms with E-state index in [-0.39, 0.29) is 6.61 Å². The number of fused-ring (bicyclic) bond motifs is 1. The summed E-state index contributed by atoms with van der Waals surface area (Å²) in [5.74, 6) is 0. The molecule has 27 heavy (non-hydrogen) atoms. The van der Waals surface area contributed by atoms with E-state index in [0.29, 0.717) is 17.4 Å². The van der Waals surface area contributed by atoms with E-state index in [1.54, 1.807) is 27.7 Å². The molecule has 2 aromatic carbocycles. The number of amides is 1. The molecule has 4 rings (SSSR count). The molecule has 1 amide bonds. The van der Waals surface area contributed by atoms with E-state index in [4.69, 9.17) is 16.3 Å². The van der Waals surface area contributed by atoms with Crippen LogP contribution in [0.15, 0.2) is 60.9 Å². The fourth-order valence-corrected chi connectivity index (χ4v) is 2.77. The van der Waals surface area contributed by atoms with Gasteiger partial charge in [0, 0.05) is 10.6 Å². The van der Waals surface area contributed by atoms with Gasteiger partial charge in [-0.05, 0) is 18.2 Å². The Morgan fingerprint density at radius 2 is 1.96 bits per heavy atom. The highest BCUT2D eigenvalue weighted by Crippen LogP contribution is 2.16. The Hall–Kier alpha value is -3.39. The fraction of sp³-hybridized carbons (Fsp3) is 0.111. The molecule has 0 aliphatic rings. The average Bonchev–Trinajstić information content (AvgIpc) is 3.29. The highest BCUT2D eigenvalue weighted by atomic mass is 35.5. The zero-order valence-electron chi connectivity index (χ0n) is 14.1. The zero-order chi connectivity index (χ0) is 18.6. The van der Waals surface area contributed by atoms with Crippen molar-refractivity contribution < 1.29 is 9.53 Å². The van der Waals surface area contributed by atoms with Crippen LogP contribution in [0.3, 0.4) is 0 Å². The standard InChI is InChI=1S/C18H15ClN6O2/c19-15-6-2-1-5-13(15)11-27-18(26)21-14-9-20-24(10-14)12-25-17-8-4-3-7-16(17)22-23-25/h1-10H,11-12H2,(H,21,26). The fourth-order valence-electron chi connectivity index (χ4n) is 2.58. The van der Waals surface area contributed by atoms with Gasteiger partial charge in [0.1, 0.15) is 18.8 Å². The molecule has 0 saturated carbocycles. The van der Waals surface area contributed by atoms with Gasteiger partial charge in [-0.3, -0.25) is 5.32 Å². The number of carbonyl (C=O) groups is 1. The molecule has 0 atom stereocenters. The smallest absolute Gasteiger partial charge is 0.412 e. The molecule has 0 fully saturated rings. The van der Waals surface area contributed by atoms with Crippen LogP contribution in [-0.2, 0) is 18.0 Å². The molecule has 2 aromatic heterocycles. The molecule has 9 heteroatoms. The van der Waals surface area contributed by atoms with Crippen molar-refractivity contribution in [3.05, 3.63) is 71.5 Å². The first-order chi connectivity index (χ1) is 13.2. The van der Waals surface area contributed by atoms with E-state index < -0.39 is 6.09 Å². The molecule has 0 saturated heterocycles. The van der Waals surface area contributed by atoms with E-state index in [0.717, 1.165) is 16.6 Å². The van der Waals surface area contributed by atoms with Crippen molar-refractivity contribution in [2.24, 2.45) is 0 Å². The molecule has 2 heterocycles. The monoisotopic (exact) mass is 382 g/mol. The number of benzene rings is 2. The summed E-state index contributed by atoms with van der Waals surface area (Å²) in [6, 6.07) is 14.9. The zero-order valence-corrected chi connectivity index (χ0v) is 14.9. The Balaban J connectivity index is 1.36. The topological polar surface area (TPSA) is 86.9 Å². The summed E-state index contributed by atoms with van der Waals surface area (Å²) in [7, 11) is 0. The number of nitrogens with one attached hydrogen (secondary N) is 1. The van der Waals surface area contributed by atoms with E-state index in [1.165, 1.54) is 6.20 Å². The molecule has 4 aromatic rings. The minimum Gasteiger partial charge on any atom is -0.444 e. The maximum Gasteiger partial charge on any atom is 0.412 e. The van der Waals surface area contributed by atoms with Crippen LogP contribution >= 0.6 is 11.6 Å². The molecular formula is C18H15ClN6O2. The number of carbonyl (C=O) groups excluding carboxylic acids is 1. The number of ether oxygens (including phenoxy) is 1. The molecule has 0 bridgehead atoms. The van der Waals surface area contributed by atoms with Crippen LogP contribution in [0.1, 0.15) is 5.56 Å². The number of rotatable bonds is 5. The van der Waals surface area contributed by atoms with Crippen molar-refractivity contribution in [3.8, 4) is 0 Å². The highest BCUT2D eigenvalue weighted by molar-refractivity contribution is 6.31. The first-order valence-electron chi connectivity index (χ1n) is 8.17. The largest absolute Gasteiger partial charge is 0.444 e. The van der Waals surface area contributed by atoms with Crippen LogP contribution in [0.25, 0.3) is 11.0 Å². The van der Waals surface area contributed by atoms with Gasteiger partial charge in [-0.15, -0.1) is 5.10 Å². The van der Waals surface area contributed by atoms with Crippen molar-refractivity contribution in [2.45, 2.75) is 13.3 Å². The summed E-state index contributed by atoms with van der Waals surface area (Å²) < 4.78 is 8.55. The second-order valence-electron chi connectivity index (χ2n) is 5.78. The van der Waals surface area contributed by atoms with Crippen molar-refractivity contribution in [1.82, 2.24) is 24.8 Å². The predicted octanol–water partition coefficient (Wildman–Crippen LogP) is 3.54. The number of hydrogen-bond acceptors (Lipinski definition) is 5. The van der Waals surface area contributed by atoms with Gasteiger partial charge in [0.05, 0.1) is 23.6 Å².